The Labute approximate surface area is 113 Å². The van der Waals surface area contributed by atoms with Crippen molar-refractivity contribution in [3.05, 3.63) is 30.1 Å². The molecule has 4 nitrogen and oxygen atoms in total. The molecule has 0 aliphatic carbocycles. The summed E-state index contributed by atoms with van der Waals surface area (Å²) in [5, 5.41) is 0. The maximum absolute atomic E-state index is 11.5. The van der Waals surface area contributed by atoms with E-state index in [2.05, 4.69) is 16.8 Å². The molecule has 0 N–H and O–H groups in total. The van der Waals surface area contributed by atoms with Crippen molar-refractivity contribution in [1.82, 2.24) is 9.38 Å². The van der Waals surface area contributed by atoms with Crippen LogP contribution in [0.5, 0.6) is 0 Å². The molecule has 0 aromatic carbocycles. The molecule has 0 bridgehead atoms. The molecule has 0 spiro atoms. The van der Waals surface area contributed by atoms with Crippen LogP contribution in [-0.2, 0) is 0 Å². The maximum Gasteiger partial charge on any atom is 0.170 e. The van der Waals surface area contributed by atoms with Crippen LogP contribution >= 0.6 is 0 Å². The Bertz CT molecular complexity index is 590. The van der Waals surface area contributed by atoms with Crippen LogP contribution < -0.4 is 4.90 Å². The van der Waals surface area contributed by atoms with E-state index in [4.69, 9.17) is 0 Å². The summed E-state index contributed by atoms with van der Waals surface area (Å²) >= 11 is 0. The van der Waals surface area contributed by atoms with Crippen LogP contribution in [0.4, 0.5) is 5.82 Å². The molecular weight excluding hydrogens is 238 g/mol. The Kier molecular flexibility index (Phi) is 3.23. The lowest BCUT2D eigenvalue weighted by Crippen LogP contribution is -2.39. The van der Waals surface area contributed by atoms with E-state index in [0.717, 1.165) is 30.7 Å². The van der Waals surface area contributed by atoms with Crippen LogP contribution in [-0.4, -0.2) is 28.3 Å². The lowest BCUT2D eigenvalue weighted by atomic mass is 10.00. The quantitative estimate of drug-likeness (QED) is 0.793. The SMILES string of the molecule is CCC1CCCCN1c1nc2ccccn2c1C=O. The topological polar surface area (TPSA) is 37.6 Å². The van der Waals surface area contributed by atoms with Gasteiger partial charge in [0.1, 0.15) is 11.3 Å². The largest absolute Gasteiger partial charge is 0.352 e. The number of nitrogens with zero attached hydrogens (tertiary/aromatic N) is 3. The number of aldehydes is 1. The summed E-state index contributed by atoms with van der Waals surface area (Å²) < 4.78 is 1.88. The second-order valence-electron chi connectivity index (χ2n) is 5.12. The number of anilines is 1. The van der Waals surface area contributed by atoms with Gasteiger partial charge in [0.25, 0.3) is 0 Å². The fourth-order valence-corrected chi connectivity index (χ4v) is 3.03. The van der Waals surface area contributed by atoms with Crippen LogP contribution in [0.2, 0.25) is 0 Å². The minimum atomic E-state index is 0.511. The van der Waals surface area contributed by atoms with E-state index >= 15 is 0 Å². The summed E-state index contributed by atoms with van der Waals surface area (Å²) in [4.78, 5) is 18.4. The first-order valence-corrected chi connectivity index (χ1v) is 7.04. The smallest absolute Gasteiger partial charge is 0.170 e. The molecule has 2 aromatic rings. The molecule has 0 saturated carbocycles. The molecule has 2 aromatic heterocycles. The van der Waals surface area contributed by atoms with E-state index in [9.17, 15) is 4.79 Å². The standard InChI is InChI=1S/C15H19N3O/c1-2-12-7-3-5-9-17(12)15-13(11-19)18-10-6-4-8-14(18)16-15/h4,6,8,10-12H,2-3,5,7,9H2,1H3. The summed E-state index contributed by atoms with van der Waals surface area (Å²) in [6, 6.07) is 6.34. The number of pyridine rings is 1. The second-order valence-corrected chi connectivity index (χ2v) is 5.12. The molecule has 3 rings (SSSR count). The highest BCUT2D eigenvalue weighted by Crippen LogP contribution is 2.28. The third kappa shape index (κ3) is 2.01. The van der Waals surface area contributed by atoms with E-state index in [1.807, 2.05) is 28.8 Å². The van der Waals surface area contributed by atoms with Gasteiger partial charge in [-0.1, -0.05) is 13.0 Å². The predicted molar refractivity (Wildman–Crippen MR) is 75.9 cm³/mol. The normalized spacial score (nSPS) is 19.8. The number of carbonyl (C=O) groups excluding carboxylic acids is 1. The van der Waals surface area contributed by atoms with Crippen molar-refractivity contribution < 1.29 is 4.79 Å². The fourth-order valence-electron chi connectivity index (χ4n) is 3.03. The van der Waals surface area contributed by atoms with Crippen LogP contribution in [0.1, 0.15) is 43.1 Å². The minimum absolute atomic E-state index is 0.511. The van der Waals surface area contributed by atoms with Gasteiger partial charge in [0.05, 0.1) is 0 Å². The van der Waals surface area contributed by atoms with Crippen LogP contribution in [0.25, 0.3) is 5.65 Å². The van der Waals surface area contributed by atoms with Gasteiger partial charge in [-0.15, -0.1) is 0 Å². The third-order valence-electron chi connectivity index (χ3n) is 4.03. The molecule has 100 valence electrons. The molecule has 1 atom stereocenters. The zero-order valence-corrected chi connectivity index (χ0v) is 11.2. The van der Waals surface area contributed by atoms with E-state index in [-0.39, 0.29) is 0 Å². The van der Waals surface area contributed by atoms with Gasteiger partial charge in [0, 0.05) is 18.8 Å². The van der Waals surface area contributed by atoms with Crippen molar-refractivity contribution in [3.63, 3.8) is 0 Å². The van der Waals surface area contributed by atoms with Crippen molar-refractivity contribution in [2.24, 2.45) is 0 Å². The number of piperidine rings is 1. The highest BCUT2D eigenvalue weighted by Gasteiger charge is 2.26. The summed E-state index contributed by atoms with van der Waals surface area (Å²) in [5.74, 6) is 0.854. The molecule has 1 aliphatic rings. The second kappa shape index (κ2) is 5.03. The molecule has 1 aliphatic heterocycles. The maximum atomic E-state index is 11.5. The number of rotatable bonds is 3. The average Bonchev–Trinajstić information content (AvgIpc) is 2.85. The minimum Gasteiger partial charge on any atom is -0.352 e. The number of imidazole rings is 1. The zero-order valence-electron chi connectivity index (χ0n) is 11.2. The highest BCUT2D eigenvalue weighted by molar-refractivity contribution is 5.83. The number of hydrogen-bond acceptors (Lipinski definition) is 3. The Morgan fingerprint density at radius 2 is 2.32 bits per heavy atom. The van der Waals surface area contributed by atoms with Gasteiger partial charge in [0.15, 0.2) is 12.1 Å². The molecule has 0 amide bonds. The summed E-state index contributed by atoms with van der Waals surface area (Å²) in [7, 11) is 0. The third-order valence-corrected chi connectivity index (χ3v) is 4.03. The number of aromatic nitrogens is 2. The monoisotopic (exact) mass is 257 g/mol. The number of hydrogen-bond donors (Lipinski definition) is 0. The summed E-state index contributed by atoms with van der Waals surface area (Å²) in [5.41, 5.74) is 1.52. The van der Waals surface area contributed by atoms with Gasteiger partial charge in [-0.2, -0.15) is 0 Å². The lowest BCUT2D eigenvalue weighted by Gasteiger charge is -2.35. The predicted octanol–water partition coefficient (Wildman–Crippen LogP) is 2.92. The van der Waals surface area contributed by atoms with Gasteiger partial charge in [-0.3, -0.25) is 9.20 Å². The highest BCUT2D eigenvalue weighted by atomic mass is 16.1. The Hall–Kier alpha value is -1.84. The van der Waals surface area contributed by atoms with Crippen LogP contribution in [0.3, 0.4) is 0 Å². The molecule has 1 unspecified atom stereocenters. The molecule has 3 heterocycles. The van der Waals surface area contributed by atoms with E-state index in [1.165, 1.54) is 19.3 Å². The molecule has 1 fully saturated rings. The molecule has 4 heteroatoms. The number of fused-ring (bicyclic) bond motifs is 1. The van der Waals surface area contributed by atoms with Gasteiger partial charge >= 0.3 is 0 Å². The molecule has 19 heavy (non-hydrogen) atoms. The van der Waals surface area contributed by atoms with Gasteiger partial charge in [0.2, 0.25) is 0 Å². The van der Waals surface area contributed by atoms with Crippen molar-refractivity contribution in [1.29, 1.82) is 0 Å². The molecular formula is C15H19N3O. The Morgan fingerprint density at radius 1 is 1.42 bits per heavy atom. The zero-order chi connectivity index (χ0) is 13.2. The number of carbonyl (C=O) groups is 1. The van der Waals surface area contributed by atoms with E-state index in [1.54, 1.807) is 0 Å². The summed E-state index contributed by atoms with van der Waals surface area (Å²) in [6.45, 7) is 3.21. The Balaban J connectivity index is 2.10. The summed E-state index contributed by atoms with van der Waals surface area (Å²) in [6.07, 6.45) is 7.59. The molecule has 1 saturated heterocycles. The fraction of sp³-hybridized carbons (Fsp3) is 0.467. The van der Waals surface area contributed by atoms with Crippen LogP contribution in [0, 0.1) is 0 Å². The van der Waals surface area contributed by atoms with Crippen molar-refractivity contribution in [3.8, 4) is 0 Å². The molecule has 0 radical (unpaired) electrons. The first-order chi connectivity index (χ1) is 9.35. The first-order valence-electron chi connectivity index (χ1n) is 7.04. The van der Waals surface area contributed by atoms with Crippen LogP contribution in [0.15, 0.2) is 24.4 Å². The van der Waals surface area contributed by atoms with Crippen molar-refractivity contribution >= 4 is 17.8 Å². The van der Waals surface area contributed by atoms with Gasteiger partial charge in [-0.05, 0) is 37.8 Å². The lowest BCUT2D eigenvalue weighted by molar-refractivity contribution is 0.111. The first kappa shape index (κ1) is 12.2. The average molecular weight is 257 g/mol. The van der Waals surface area contributed by atoms with E-state index in [0.29, 0.717) is 11.7 Å². The van der Waals surface area contributed by atoms with Gasteiger partial charge in [-0.25, -0.2) is 4.98 Å². The van der Waals surface area contributed by atoms with Crippen molar-refractivity contribution in [2.75, 3.05) is 11.4 Å². The van der Waals surface area contributed by atoms with E-state index < -0.39 is 0 Å². The Morgan fingerprint density at radius 3 is 3.11 bits per heavy atom. The van der Waals surface area contributed by atoms with Crippen molar-refractivity contribution in [2.45, 2.75) is 38.6 Å². The van der Waals surface area contributed by atoms with Gasteiger partial charge < -0.3 is 4.90 Å².